The van der Waals surface area contributed by atoms with Crippen molar-refractivity contribution in [3.05, 3.63) is 101 Å². The average Bonchev–Trinajstić information content (AvgIpc) is 2.94. The summed E-state index contributed by atoms with van der Waals surface area (Å²) in [6.45, 7) is 5.72. The highest BCUT2D eigenvalue weighted by Gasteiger charge is 2.26. The first-order valence-electron chi connectivity index (χ1n) is 13.2. The fourth-order valence-electron chi connectivity index (χ4n) is 4.92. The monoisotopic (exact) mass is 552 g/mol. The number of piperazine rings is 1. The standard InChI is InChI=1S/C30H37ClN4O3.CH4/c31-27-14-12-26(13-15-27)29(25-9-2-1-3-10-25)34-19-17-33(18-20-34)21-22-38-28-11-6-8-24(23-28)7-4-5-16-35(37)30(32)36;/h1-3,6,8-15,23,29,37H,4-5,7,16-22H2,(H2,32,36);1H4/t29-;/m1./s1. The largest absolute Gasteiger partial charge is 0.492 e. The minimum atomic E-state index is -0.820. The fourth-order valence-corrected chi connectivity index (χ4v) is 5.05. The van der Waals surface area contributed by atoms with Gasteiger partial charge in [0.1, 0.15) is 12.4 Å². The number of nitrogens with zero attached hydrogens (tertiary/aromatic N) is 3. The van der Waals surface area contributed by atoms with Crippen LogP contribution < -0.4 is 10.5 Å². The molecule has 0 aromatic heterocycles. The van der Waals surface area contributed by atoms with Crippen molar-refractivity contribution in [2.75, 3.05) is 45.9 Å². The summed E-state index contributed by atoms with van der Waals surface area (Å²) in [7, 11) is 0. The van der Waals surface area contributed by atoms with Crippen molar-refractivity contribution in [1.82, 2.24) is 14.9 Å². The van der Waals surface area contributed by atoms with E-state index in [1.165, 1.54) is 16.7 Å². The van der Waals surface area contributed by atoms with Gasteiger partial charge < -0.3 is 10.5 Å². The van der Waals surface area contributed by atoms with Crippen molar-refractivity contribution in [2.24, 2.45) is 5.73 Å². The number of hydrogen-bond acceptors (Lipinski definition) is 5. The minimum absolute atomic E-state index is 0. The van der Waals surface area contributed by atoms with Crippen LogP contribution in [0.3, 0.4) is 0 Å². The molecule has 0 saturated carbocycles. The summed E-state index contributed by atoms with van der Waals surface area (Å²) < 4.78 is 6.07. The number of rotatable bonds is 12. The van der Waals surface area contributed by atoms with Crippen LogP contribution in [-0.4, -0.2) is 72.0 Å². The van der Waals surface area contributed by atoms with Gasteiger partial charge in [0.15, 0.2) is 0 Å². The summed E-state index contributed by atoms with van der Waals surface area (Å²) in [5.41, 5.74) is 8.77. The van der Waals surface area contributed by atoms with Gasteiger partial charge in [0.05, 0.1) is 12.6 Å². The topological polar surface area (TPSA) is 82.3 Å². The maximum atomic E-state index is 10.9. The zero-order valence-corrected chi connectivity index (χ0v) is 22.5. The number of amides is 2. The summed E-state index contributed by atoms with van der Waals surface area (Å²) >= 11 is 6.16. The molecule has 3 aromatic rings. The maximum absolute atomic E-state index is 10.9. The van der Waals surface area contributed by atoms with E-state index in [2.05, 4.69) is 64.4 Å². The number of nitrogens with two attached hydrogens (primary N) is 1. The molecular formula is C31H41ClN4O3. The maximum Gasteiger partial charge on any atom is 0.338 e. The van der Waals surface area contributed by atoms with E-state index in [9.17, 15) is 10.0 Å². The first-order chi connectivity index (χ1) is 18.5. The Hall–Kier alpha value is -3.10. The van der Waals surface area contributed by atoms with Crippen molar-refractivity contribution in [1.29, 1.82) is 0 Å². The molecule has 1 saturated heterocycles. The Balaban J connectivity index is 0.00000420. The van der Waals surface area contributed by atoms with E-state index in [4.69, 9.17) is 22.1 Å². The van der Waals surface area contributed by atoms with Gasteiger partial charge in [0.25, 0.3) is 0 Å². The lowest BCUT2D eigenvalue weighted by molar-refractivity contribution is -0.0402. The smallest absolute Gasteiger partial charge is 0.338 e. The molecule has 3 N–H and O–H groups in total. The first kappa shape index (κ1) is 30.4. The van der Waals surface area contributed by atoms with Crippen LogP contribution >= 0.6 is 11.6 Å². The van der Waals surface area contributed by atoms with Crippen molar-refractivity contribution >= 4 is 17.6 Å². The number of aryl methyl sites for hydroxylation is 1. The molecule has 8 heteroatoms. The van der Waals surface area contributed by atoms with E-state index in [1.54, 1.807) is 0 Å². The predicted molar refractivity (Wildman–Crippen MR) is 157 cm³/mol. The molecule has 0 bridgehead atoms. The predicted octanol–water partition coefficient (Wildman–Crippen LogP) is 5.85. The second kappa shape index (κ2) is 15.5. The van der Waals surface area contributed by atoms with Gasteiger partial charge in [-0.2, -0.15) is 0 Å². The summed E-state index contributed by atoms with van der Waals surface area (Å²) in [5.74, 6) is 0.869. The van der Waals surface area contributed by atoms with Crippen LogP contribution in [0, 0.1) is 0 Å². The lowest BCUT2D eigenvalue weighted by Gasteiger charge is -2.39. The zero-order chi connectivity index (χ0) is 26.7. The molecule has 0 spiro atoms. The molecule has 1 aliphatic rings. The SMILES string of the molecule is C.NC(=O)N(O)CCCCc1cccc(OCCN2CCN([C@H](c3ccccc3)c3ccc(Cl)cc3)CC2)c1. The third kappa shape index (κ3) is 9.25. The number of benzene rings is 3. The number of halogens is 1. The van der Waals surface area contributed by atoms with Gasteiger partial charge >= 0.3 is 6.03 Å². The quantitative estimate of drug-likeness (QED) is 0.167. The number of urea groups is 1. The third-order valence-electron chi connectivity index (χ3n) is 6.99. The Morgan fingerprint density at radius 3 is 2.33 bits per heavy atom. The van der Waals surface area contributed by atoms with Gasteiger partial charge in [0.2, 0.25) is 0 Å². The fraction of sp³-hybridized carbons (Fsp3) is 0.387. The summed E-state index contributed by atoms with van der Waals surface area (Å²) in [5, 5.41) is 10.7. The highest BCUT2D eigenvalue weighted by atomic mass is 35.5. The molecule has 4 rings (SSSR count). The average molecular weight is 553 g/mol. The molecule has 1 aliphatic heterocycles. The number of hydrogen-bond donors (Lipinski definition) is 2. The Labute approximate surface area is 237 Å². The molecule has 7 nitrogen and oxygen atoms in total. The number of primary amides is 1. The Bertz CT molecular complexity index is 1140. The Morgan fingerprint density at radius 2 is 1.64 bits per heavy atom. The zero-order valence-electron chi connectivity index (χ0n) is 21.7. The lowest BCUT2D eigenvalue weighted by Crippen LogP contribution is -2.48. The normalized spacial score (nSPS) is 14.8. The summed E-state index contributed by atoms with van der Waals surface area (Å²) in [6.07, 6.45) is 2.37. The van der Waals surface area contributed by atoms with Gasteiger partial charge in [-0.15, -0.1) is 0 Å². The van der Waals surface area contributed by atoms with Gasteiger partial charge in [-0.1, -0.05) is 73.6 Å². The van der Waals surface area contributed by atoms with Crippen LogP contribution in [0.25, 0.3) is 0 Å². The van der Waals surface area contributed by atoms with Crippen LogP contribution in [0.15, 0.2) is 78.9 Å². The van der Waals surface area contributed by atoms with Gasteiger partial charge in [0, 0.05) is 37.7 Å². The second-order valence-electron chi connectivity index (χ2n) is 9.66. The number of carbonyl (C=O) groups excluding carboxylic acids is 1. The molecular weight excluding hydrogens is 512 g/mol. The van der Waals surface area contributed by atoms with Crippen molar-refractivity contribution in [3.8, 4) is 5.75 Å². The van der Waals surface area contributed by atoms with Crippen LogP contribution in [0.4, 0.5) is 4.79 Å². The van der Waals surface area contributed by atoms with Crippen LogP contribution in [0.5, 0.6) is 5.75 Å². The molecule has 1 fully saturated rings. The van der Waals surface area contributed by atoms with E-state index in [1.807, 2.05) is 24.3 Å². The third-order valence-corrected chi connectivity index (χ3v) is 7.24. The van der Waals surface area contributed by atoms with Crippen LogP contribution in [0.2, 0.25) is 5.02 Å². The highest BCUT2D eigenvalue weighted by molar-refractivity contribution is 6.30. The second-order valence-corrected chi connectivity index (χ2v) is 10.1. The highest BCUT2D eigenvalue weighted by Crippen LogP contribution is 2.30. The molecule has 3 aromatic carbocycles. The molecule has 1 atom stereocenters. The van der Waals surface area contributed by atoms with Gasteiger partial charge in [-0.25, -0.2) is 9.86 Å². The van der Waals surface area contributed by atoms with Crippen molar-refractivity contribution in [2.45, 2.75) is 32.7 Å². The molecule has 2 amide bonds. The van der Waals surface area contributed by atoms with Crippen LogP contribution in [0.1, 0.15) is 43.0 Å². The number of unbranched alkanes of at least 4 members (excludes halogenated alkanes) is 1. The molecule has 0 unspecified atom stereocenters. The summed E-state index contributed by atoms with van der Waals surface area (Å²) in [4.78, 5) is 15.9. The molecule has 39 heavy (non-hydrogen) atoms. The van der Waals surface area contributed by atoms with E-state index in [0.29, 0.717) is 18.1 Å². The van der Waals surface area contributed by atoms with Crippen molar-refractivity contribution in [3.63, 3.8) is 0 Å². The van der Waals surface area contributed by atoms with Gasteiger partial charge in [-0.3, -0.25) is 15.0 Å². The number of hydroxylamine groups is 2. The minimum Gasteiger partial charge on any atom is -0.492 e. The lowest BCUT2D eigenvalue weighted by atomic mass is 9.96. The Kier molecular flexibility index (Phi) is 12.1. The van der Waals surface area contributed by atoms with E-state index in [0.717, 1.165) is 56.3 Å². The van der Waals surface area contributed by atoms with Gasteiger partial charge in [-0.05, 0) is 60.2 Å². The first-order valence-corrected chi connectivity index (χ1v) is 13.6. The molecule has 210 valence electrons. The van der Waals surface area contributed by atoms with E-state index >= 15 is 0 Å². The van der Waals surface area contributed by atoms with E-state index in [-0.39, 0.29) is 20.0 Å². The summed E-state index contributed by atoms with van der Waals surface area (Å²) in [6, 6.07) is 26.4. The Morgan fingerprint density at radius 1 is 0.949 bits per heavy atom. The number of ether oxygens (including phenoxy) is 1. The number of carbonyl (C=O) groups is 1. The molecule has 1 heterocycles. The molecule has 0 aliphatic carbocycles. The van der Waals surface area contributed by atoms with Crippen LogP contribution in [-0.2, 0) is 6.42 Å². The molecule has 0 radical (unpaired) electrons. The van der Waals surface area contributed by atoms with E-state index < -0.39 is 6.03 Å². The van der Waals surface area contributed by atoms with Crippen molar-refractivity contribution < 1.29 is 14.7 Å².